The van der Waals surface area contributed by atoms with Crippen molar-refractivity contribution in [2.45, 2.75) is 23.2 Å². The van der Waals surface area contributed by atoms with Crippen LogP contribution in [-0.2, 0) is 7.05 Å². The zero-order chi connectivity index (χ0) is 14.1. The molecule has 0 radical (unpaired) electrons. The van der Waals surface area contributed by atoms with Gasteiger partial charge in [-0.2, -0.15) is 15.0 Å². The summed E-state index contributed by atoms with van der Waals surface area (Å²) in [7, 11) is 1.62. The van der Waals surface area contributed by atoms with Crippen LogP contribution in [0.5, 0.6) is 0 Å². The lowest BCUT2D eigenvalue weighted by Crippen LogP contribution is -2.21. The topological polar surface area (TPSA) is 92.6 Å². The first-order chi connectivity index (χ1) is 9.63. The molecular weight excluding hydrogens is 302 g/mol. The Bertz CT molecular complexity index is 678. The second-order valence-electron chi connectivity index (χ2n) is 4.35. The van der Waals surface area contributed by atoms with Gasteiger partial charge in [-0.1, -0.05) is 0 Å². The van der Waals surface area contributed by atoms with Crippen LogP contribution < -0.4 is 10.6 Å². The minimum Gasteiger partial charge on any atom is -0.341 e. The van der Waals surface area contributed by atoms with Crippen LogP contribution in [0.2, 0.25) is 5.28 Å². The van der Waals surface area contributed by atoms with Gasteiger partial charge in [-0.05, 0) is 36.2 Å². The van der Waals surface area contributed by atoms with Crippen molar-refractivity contribution < 1.29 is 0 Å². The summed E-state index contributed by atoms with van der Waals surface area (Å²) in [4.78, 5) is 26.0. The van der Waals surface area contributed by atoms with Crippen LogP contribution in [0.1, 0.15) is 12.8 Å². The van der Waals surface area contributed by atoms with E-state index in [2.05, 4.69) is 30.0 Å². The normalized spacial score (nSPS) is 15.0. The average Bonchev–Trinajstić information content (AvgIpc) is 3.04. The quantitative estimate of drug-likeness (QED) is 0.891. The van der Waals surface area contributed by atoms with Gasteiger partial charge < -0.3 is 4.90 Å². The molecule has 3 heterocycles. The van der Waals surface area contributed by atoms with E-state index in [1.807, 2.05) is 0 Å². The number of halogens is 1. The fourth-order valence-electron chi connectivity index (χ4n) is 1.93. The fourth-order valence-corrected chi connectivity index (χ4v) is 2.87. The van der Waals surface area contributed by atoms with Crippen LogP contribution in [0, 0.1) is 0 Å². The molecule has 0 saturated carbocycles. The predicted octanol–water partition coefficient (Wildman–Crippen LogP) is 0.698. The lowest BCUT2D eigenvalue weighted by atomic mass is 10.4. The van der Waals surface area contributed by atoms with Gasteiger partial charge in [-0.15, -0.1) is 5.10 Å². The zero-order valence-electron chi connectivity index (χ0n) is 10.7. The standard InChI is InChI=1S/C10H12ClN7OS/c1-17-9(19)15-16-10(17)20-8-13-6(11)12-7(14-8)18-4-2-3-5-18/h2-5H2,1H3,(H,15,19). The van der Waals surface area contributed by atoms with Crippen LogP contribution >= 0.6 is 23.4 Å². The minimum absolute atomic E-state index is 0.143. The van der Waals surface area contributed by atoms with Crippen molar-refractivity contribution in [1.29, 1.82) is 0 Å². The SMILES string of the molecule is Cn1c(Sc2nc(Cl)nc(N3CCCC3)n2)n[nH]c1=O. The monoisotopic (exact) mass is 313 g/mol. The maximum atomic E-state index is 11.3. The van der Waals surface area contributed by atoms with Crippen molar-refractivity contribution in [1.82, 2.24) is 29.7 Å². The Hall–Kier alpha value is -1.61. The van der Waals surface area contributed by atoms with E-state index in [0.29, 0.717) is 16.3 Å². The average molecular weight is 314 g/mol. The molecule has 1 N–H and O–H groups in total. The first kappa shape index (κ1) is 13.4. The van der Waals surface area contributed by atoms with E-state index in [1.165, 1.54) is 16.3 Å². The summed E-state index contributed by atoms with van der Waals surface area (Å²) in [6, 6.07) is 0. The number of rotatable bonds is 3. The molecule has 3 rings (SSSR count). The van der Waals surface area contributed by atoms with E-state index in [9.17, 15) is 4.79 Å². The Morgan fingerprint density at radius 1 is 1.25 bits per heavy atom. The first-order valence-corrected chi connectivity index (χ1v) is 7.29. The third kappa shape index (κ3) is 2.63. The number of nitrogens with zero attached hydrogens (tertiary/aromatic N) is 6. The first-order valence-electron chi connectivity index (χ1n) is 6.09. The summed E-state index contributed by atoms with van der Waals surface area (Å²) in [6.07, 6.45) is 2.25. The summed E-state index contributed by atoms with van der Waals surface area (Å²) in [5, 5.41) is 7.31. The van der Waals surface area contributed by atoms with E-state index in [0.717, 1.165) is 25.9 Å². The third-order valence-electron chi connectivity index (χ3n) is 2.99. The lowest BCUT2D eigenvalue weighted by Gasteiger charge is -2.15. The fraction of sp³-hybridized carbons (Fsp3) is 0.500. The van der Waals surface area contributed by atoms with Crippen molar-refractivity contribution in [2.24, 2.45) is 7.05 Å². The third-order valence-corrected chi connectivity index (χ3v) is 4.07. The Labute approximate surface area is 123 Å². The Balaban J connectivity index is 1.89. The second-order valence-corrected chi connectivity index (χ2v) is 5.63. The second kappa shape index (κ2) is 5.41. The maximum Gasteiger partial charge on any atom is 0.343 e. The molecule has 8 nitrogen and oxygen atoms in total. The highest BCUT2D eigenvalue weighted by atomic mass is 35.5. The van der Waals surface area contributed by atoms with Crippen LogP contribution in [-0.4, -0.2) is 42.8 Å². The molecule has 1 aliphatic heterocycles. The van der Waals surface area contributed by atoms with Crippen molar-refractivity contribution in [3.63, 3.8) is 0 Å². The number of anilines is 1. The van der Waals surface area contributed by atoms with Gasteiger partial charge in [0.15, 0.2) is 5.16 Å². The van der Waals surface area contributed by atoms with Gasteiger partial charge in [-0.3, -0.25) is 4.57 Å². The van der Waals surface area contributed by atoms with E-state index < -0.39 is 0 Å². The van der Waals surface area contributed by atoms with Crippen molar-refractivity contribution in [3.05, 3.63) is 15.8 Å². The van der Waals surface area contributed by atoms with Crippen molar-refractivity contribution >= 4 is 29.3 Å². The molecule has 1 saturated heterocycles. The van der Waals surface area contributed by atoms with Gasteiger partial charge in [0.1, 0.15) is 0 Å². The van der Waals surface area contributed by atoms with E-state index in [4.69, 9.17) is 11.6 Å². The number of H-pyrrole nitrogens is 1. The molecule has 2 aromatic heterocycles. The van der Waals surface area contributed by atoms with Crippen molar-refractivity contribution in [3.8, 4) is 0 Å². The van der Waals surface area contributed by atoms with Crippen LogP contribution in [0.15, 0.2) is 15.1 Å². The molecule has 2 aromatic rings. The summed E-state index contributed by atoms with van der Waals surface area (Å²) in [5.74, 6) is 0.575. The lowest BCUT2D eigenvalue weighted by molar-refractivity contribution is 0.759. The number of nitrogens with one attached hydrogen (secondary N) is 1. The molecule has 10 heteroatoms. The van der Waals surface area contributed by atoms with Crippen molar-refractivity contribution in [2.75, 3.05) is 18.0 Å². The smallest absolute Gasteiger partial charge is 0.341 e. The van der Waals surface area contributed by atoms with Gasteiger partial charge in [-0.25, -0.2) is 9.89 Å². The molecule has 1 aliphatic rings. The molecule has 0 aliphatic carbocycles. The van der Waals surface area contributed by atoms with Crippen LogP contribution in [0.3, 0.4) is 0 Å². The molecule has 0 unspecified atom stereocenters. The number of hydrogen-bond acceptors (Lipinski definition) is 7. The van der Waals surface area contributed by atoms with Gasteiger partial charge in [0.2, 0.25) is 16.4 Å². The summed E-state index contributed by atoms with van der Waals surface area (Å²) in [6.45, 7) is 1.84. The molecule has 0 amide bonds. The van der Waals surface area contributed by atoms with E-state index >= 15 is 0 Å². The van der Waals surface area contributed by atoms with Gasteiger partial charge >= 0.3 is 5.69 Å². The Morgan fingerprint density at radius 2 is 2.00 bits per heavy atom. The van der Waals surface area contributed by atoms with E-state index in [1.54, 1.807) is 7.05 Å². The number of aromatic amines is 1. The molecule has 0 aromatic carbocycles. The largest absolute Gasteiger partial charge is 0.343 e. The minimum atomic E-state index is -0.285. The Morgan fingerprint density at radius 3 is 2.65 bits per heavy atom. The molecule has 0 atom stereocenters. The summed E-state index contributed by atoms with van der Waals surface area (Å²) in [5.41, 5.74) is -0.285. The van der Waals surface area contributed by atoms with E-state index in [-0.39, 0.29) is 11.0 Å². The van der Waals surface area contributed by atoms with Crippen LogP contribution in [0.4, 0.5) is 5.95 Å². The zero-order valence-corrected chi connectivity index (χ0v) is 12.3. The molecule has 20 heavy (non-hydrogen) atoms. The molecule has 0 spiro atoms. The maximum absolute atomic E-state index is 11.3. The number of hydrogen-bond donors (Lipinski definition) is 1. The molecule has 0 bridgehead atoms. The molecule has 106 valence electrons. The highest BCUT2D eigenvalue weighted by Crippen LogP contribution is 2.25. The predicted molar refractivity (Wildman–Crippen MR) is 74.2 cm³/mol. The summed E-state index contributed by atoms with van der Waals surface area (Å²) < 4.78 is 1.39. The Kier molecular flexibility index (Phi) is 3.62. The highest BCUT2D eigenvalue weighted by Gasteiger charge is 2.18. The molecule has 1 fully saturated rings. The highest BCUT2D eigenvalue weighted by molar-refractivity contribution is 7.99. The van der Waals surface area contributed by atoms with Gasteiger partial charge in [0.25, 0.3) is 0 Å². The molecular formula is C10H12ClN7OS. The van der Waals surface area contributed by atoms with Gasteiger partial charge in [0.05, 0.1) is 0 Å². The van der Waals surface area contributed by atoms with Crippen LogP contribution in [0.25, 0.3) is 0 Å². The number of aromatic nitrogens is 6. The summed E-state index contributed by atoms with van der Waals surface area (Å²) >= 11 is 7.11. The van der Waals surface area contributed by atoms with Gasteiger partial charge in [0, 0.05) is 20.1 Å².